The molecule has 1 saturated carbocycles. The van der Waals surface area contributed by atoms with Gasteiger partial charge in [0.05, 0.1) is 0 Å². The number of rotatable bonds is 4. The second kappa shape index (κ2) is 5.51. The Morgan fingerprint density at radius 3 is 2.62 bits per heavy atom. The van der Waals surface area contributed by atoms with Crippen LogP contribution in [-0.4, -0.2) is 24.4 Å². The first-order valence-corrected chi connectivity index (χ1v) is 7.77. The van der Waals surface area contributed by atoms with Gasteiger partial charge in [0.1, 0.15) is 6.04 Å². The van der Waals surface area contributed by atoms with Crippen LogP contribution in [0.3, 0.4) is 0 Å². The van der Waals surface area contributed by atoms with Crippen molar-refractivity contribution in [2.24, 2.45) is 11.8 Å². The molecule has 21 heavy (non-hydrogen) atoms. The SMILES string of the molecule is CC(C)[C@H](NC(=O)C1CC1)C(=O)N1CCc2ccccc21. The predicted molar refractivity (Wildman–Crippen MR) is 82.0 cm³/mol. The van der Waals surface area contributed by atoms with Crippen LogP contribution in [0.5, 0.6) is 0 Å². The van der Waals surface area contributed by atoms with Crippen LogP contribution >= 0.6 is 0 Å². The minimum atomic E-state index is -0.427. The minimum Gasteiger partial charge on any atom is -0.344 e. The molecule has 0 spiro atoms. The Morgan fingerprint density at radius 2 is 1.95 bits per heavy atom. The van der Waals surface area contributed by atoms with Crippen LogP contribution in [0.1, 0.15) is 32.3 Å². The number of nitrogens with one attached hydrogen (secondary N) is 1. The van der Waals surface area contributed by atoms with Gasteiger partial charge in [-0.25, -0.2) is 0 Å². The van der Waals surface area contributed by atoms with Crippen LogP contribution in [0.15, 0.2) is 24.3 Å². The van der Waals surface area contributed by atoms with Gasteiger partial charge < -0.3 is 10.2 Å². The molecule has 1 atom stereocenters. The normalized spacial score (nSPS) is 18.5. The lowest BCUT2D eigenvalue weighted by Crippen LogP contribution is -2.51. The Kier molecular flexibility index (Phi) is 3.70. The van der Waals surface area contributed by atoms with Gasteiger partial charge in [-0.15, -0.1) is 0 Å². The molecule has 0 saturated heterocycles. The van der Waals surface area contributed by atoms with Gasteiger partial charge in [0, 0.05) is 18.2 Å². The molecule has 0 aromatic heterocycles. The maximum absolute atomic E-state index is 12.8. The molecule has 2 aliphatic rings. The fraction of sp³-hybridized carbons (Fsp3) is 0.529. The summed E-state index contributed by atoms with van der Waals surface area (Å²) in [5.41, 5.74) is 2.20. The zero-order chi connectivity index (χ0) is 15.0. The molecule has 4 nitrogen and oxygen atoms in total. The largest absolute Gasteiger partial charge is 0.344 e. The van der Waals surface area contributed by atoms with Crippen LogP contribution in [0, 0.1) is 11.8 Å². The van der Waals surface area contributed by atoms with Crippen molar-refractivity contribution in [3.05, 3.63) is 29.8 Å². The maximum Gasteiger partial charge on any atom is 0.249 e. The molecule has 1 fully saturated rings. The molecule has 1 aliphatic carbocycles. The second-order valence-corrected chi connectivity index (χ2v) is 6.37. The van der Waals surface area contributed by atoms with Gasteiger partial charge >= 0.3 is 0 Å². The number of hydrogen-bond acceptors (Lipinski definition) is 2. The number of carbonyl (C=O) groups is 2. The van der Waals surface area contributed by atoms with Crippen LogP contribution in [0.4, 0.5) is 5.69 Å². The van der Waals surface area contributed by atoms with Crippen molar-refractivity contribution in [1.82, 2.24) is 5.32 Å². The molecular weight excluding hydrogens is 264 g/mol. The van der Waals surface area contributed by atoms with Gasteiger partial charge in [-0.2, -0.15) is 0 Å². The van der Waals surface area contributed by atoms with Gasteiger partial charge in [-0.3, -0.25) is 9.59 Å². The first-order chi connectivity index (χ1) is 10.1. The number of fused-ring (bicyclic) bond motifs is 1. The average molecular weight is 286 g/mol. The predicted octanol–water partition coefficient (Wildman–Crippen LogP) is 2.13. The summed E-state index contributed by atoms with van der Waals surface area (Å²) < 4.78 is 0. The van der Waals surface area contributed by atoms with Crippen LogP contribution in [0.25, 0.3) is 0 Å². The van der Waals surface area contributed by atoms with Crippen molar-refractivity contribution >= 4 is 17.5 Å². The molecule has 1 aliphatic heterocycles. The molecule has 4 heteroatoms. The van der Waals surface area contributed by atoms with E-state index >= 15 is 0 Å². The average Bonchev–Trinajstić information content (AvgIpc) is 3.23. The fourth-order valence-electron chi connectivity index (χ4n) is 2.87. The number of anilines is 1. The summed E-state index contributed by atoms with van der Waals surface area (Å²) in [6, 6.07) is 7.58. The van der Waals surface area contributed by atoms with Gasteiger partial charge in [0.25, 0.3) is 0 Å². The van der Waals surface area contributed by atoms with E-state index in [1.807, 2.05) is 36.9 Å². The van der Waals surface area contributed by atoms with Gasteiger partial charge in [-0.05, 0) is 36.8 Å². The van der Waals surface area contributed by atoms with Crippen molar-refractivity contribution in [2.75, 3.05) is 11.4 Å². The quantitative estimate of drug-likeness (QED) is 0.921. The molecule has 1 aromatic rings. The summed E-state index contributed by atoms with van der Waals surface area (Å²) in [4.78, 5) is 26.7. The standard InChI is InChI=1S/C17H22N2O2/c1-11(2)15(18-16(20)13-7-8-13)17(21)19-10-9-12-5-3-4-6-14(12)19/h3-6,11,13,15H,7-10H2,1-2H3,(H,18,20)/t15-/m0/s1. The molecule has 1 aromatic carbocycles. The van der Waals surface area contributed by atoms with E-state index in [4.69, 9.17) is 0 Å². The number of carbonyl (C=O) groups excluding carboxylic acids is 2. The van der Waals surface area contributed by atoms with Gasteiger partial charge in [0.2, 0.25) is 11.8 Å². The summed E-state index contributed by atoms with van der Waals surface area (Å²) in [6.45, 7) is 4.68. The molecule has 112 valence electrons. The number of para-hydroxylation sites is 1. The maximum atomic E-state index is 12.8. The van der Waals surface area contributed by atoms with E-state index in [9.17, 15) is 9.59 Å². The van der Waals surface area contributed by atoms with Gasteiger partial charge in [0.15, 0.2) is 0 Å². The summed E-state index contributed by atoms with van der Waals surface area (Å²) >= 11 is 0. The molecule has 0 bridgehead atoms. The van der Waals surface area contributed by atoms with Crippen molar-refractivity contribution in [3.8, 4) is 0 Å². The third-order valence-electron chi connectivity index (χ3n) is 4.33. The monoisotopic (exact) mass is 286 g/mol. The van der Waals surface area contributed by atoms with E-state index in [2.05, 4.69) is 11.4 Å². The summed E-state index contributed by atoms with van der Waals surface area (Å²) in [5.74, 6) is 0.274. The zero-order valence-corrected chi connectivity index (χ0v) is 12.6. The van der Waals surface area contributed by atoms with E-state index in [1.165, 1.54) is 5.56 Å². The molecule has 3 rings (SSSR count). The van der Waals surface area contributed by atoms with Crippen LogP contribution < -0.4 is 10.2 Å². The zero-order valence-electron chi connectivity index (χ0n) is 12.6. The van der Waals surface area contributed by atoms with Crippen molar-refractivity contribution < 1.29 is 9.59 Å². The number of nitrogens with zero attached hydrogens (tertiary/aromatic N) is 1. The smallest absolute Gasteiger partial charge is 0.249 e. The highest BCUT2D eigenvalue weighted by Gasteiger charge is 2.36. The fourth-order valence-corrected chi connectivity index (χ4v) is 2.87. The topological polar surface area (TPSA) is 49.4 Å². The van der Waals surface area contributed by atoms with Crippen molar-refractivity contribution in [2.45, 2.75) is 39.2 Å². The Morgan fingerprint density at radius 1 is 1.24 bits per heavy atom. The summed E-state index contributed by atoms with van der Waals surface area (Å²) in [5, 5.41) is 2.96. The highest BCUT2D eigenvalue weighted by molar-refractivity contribution is 6.01. The van der Waals surface area contributed by atoms with Gasteiger partial charge in [-0.1, -0.05) is 32.0 Å². The lowest BCUT2D eigenvalue weighted by atomic mass is 10.0. The highest BCUT2D eigenvalue weighted by Crippen LogP contribution is 2.31. The van der Waals surface area contributed by atoms with Crippen molar-refractivity contribution in [1.29, 1.82) is 0 Å². The lowest BCUT2D eigenvalue weighted by Gasteiger charge is -2.27. The highest BCUT2D eigenvalue weighted by atomic mass is 16.2. The Labute approximate surface area is 125 Å². The molecule has 0 unspecified atom stereocenters. The third kappa shape index (κ3) is 2.80. The Bertz CT molecular complexity index is 564. The van der Waals surface area contributed by atoms with Crippen LogP contribution in [0.2, 0.25) is 0 Å². The third-order valence-corrected chi connectivity index (χ3v) is 4.33. The second-order valence-electron chi connectivity index (χ2n) is 6.37. The van der Waals surface area contributed by atoms with Crippen LogP contribution in [-0.2, 0) is 16.0 Å². The first kappa shape index (κ1) is 14.1. The summed E-state index contributed by atoms with van der Waals surface area (Å²) in [6.07, 6.45) is 2.80. The van der Waals surface area contributed by atoms with E-state index in [0.717, 1.165) is 24.9 Å². The molecular formula is C17H22N2O2. The molecule has 1 N–H and O–H groups in total. The first-order valence-electron chi connectivity index (χ1n) is 7.77. The van der Waals surface area contributed by atoms with E-state index in [-0.39, 0.29) is 23.7 Å². The van der Waals surface area contributed by atoms with Crippen molar-refractivity contribution in [3.63, 3.8) is 0 Å². The number of hydrogen-bond donors (Lipinski definition) is 1. The van der Waals surface area contributed by atoms with E-state index < -0.39 is 6.04 Å². The molecule has 0 radical (unpaired) electrons. The summed E-state index contributed by atoms with van der Waals surface area (Å²) in [7, 11) is 0. The molecule has 2 amide bonds. The number of benzene rings is 1. The Balaban J connectivity index is 1.77. The number of amides is 2. The van der Waals surface area contributed by atoms with E-state index in [0.29, 0.717) is 6.54 Å². The lowest BCUT2D eigenvalue weighted by molar-refractivity contribution is -0.129. The van der Waals surface area contributed by atoms with E-state index in [1.54, 1.807) is 0 Å². The molecule has 1 heterocycles. The minimum absolute atomic E-state index is 0.0175. The Hall–Kier alpha value is -1.84.